The number of aliphatic hydroxyl groups excluding tert-OH is 1. The monoisotopic (exact) mass is 557 g/mol. The van der Waals surface area contributed by atoms with E-state index in [-0.39, 0.29) is 25.0 Å². The van der Waals surface area contributed by atoms with Gasteiger partial charge in [0.25, 0.3) is 5.91 Å². The van der Waals surface area contributed by atoms with Crippen molar-refractivity contribution in [2.24, 2.45) is 0 Å². The number of hydrogen-bond donors (Lipinski definition) is 3. The Morgan fingerprint density at radius 3 is 2.70 bits per heavy atom. The number of hydrogen-bond acceptors (Lipinski definition) is 8. The van der Waals surface area contributed by atoms with Gasteiger partial charge >= 0.3 is 0 Å². The predicted octanol–water partition coefficient (Wildman–Crippen LogP) is 4.14. The number of aliphatic hydroxyl groups is 1. The van der Waals surface area contributed by atoms with Crippen LogP contribution in [-0.2, 0) is 11.3 Å². The maximum Gasteiger partial charge on any atom is 0.255 e. The van der Waals surface area contributed by atoms with Gasteiger partial charge in [-0.1, -0.05) is 53.6 Å². The SMILES string of the molecule is Cc1cccc([C@@H](CO)NC(=O)[C@@H](C)N2Cc3ccc(-c4nc(Nc5ccnc(C)n5)ncc4Cl)cc3C2=O)c1. The number of aryl methyl sites for hydroxylation is 2. The summed E-state index contributed by atoms with van der Waals surface area (Å²) in [6, 6.07) is 13.4. The lowest BCUT2D eigenvalue weighted by atomic mass is 10.0. The van der Waals surface area contributed by atoms with Gasteiger partial charge < -0.3 is 20.6 Å². The molecule has 0 radical (unpaired) electrons. The highest BCUT2D eigenvalue weighted by Gasteiger charge is 2.35. The van der Waals surface area contributed by atoms with E-state index >= 15 is 0 Å². The summed E-state index contributed by atoms with van der Waals surface area (Å²) in [5, 5.41) is 16.2. The number of carbonyl (C=O) groups is 2. The predicted molar refractivity (Wildman–Crippen MR) is 151 cm³/mol. The number of nitrogens with one attached hydrogen (secondary N) is 2. The molecule has 1 aliphatic rings. The summed E-state index contributed by atoms with van der Waals surface area (Å²) in [7, 11) is 0. The molecule has 3 N–H and O–H groups in total. The lowest BCUT2D eigenvalue weighted by Gasteiger charge is -2.26. The van der Waals surface area contributed by atoms with Crippen LogP contribution in [0.2, 0.25) is 5.02 Å². The Balaban J connectivity index is 1.33. The van der Waals surface area contributed by atoms with Crippen LogP contribution in [0.25, 0.3) is 11.3 Å². The third-order valence-electron chi connectivity index (χ3n) is 6.77. The van der Waals surface area contributed by atoms with Gasteiger partial charge in [-0.05, 0) is 44.0 Å². The van der Waals surface area contributed by atoms with E-state index in [1.165, 1.54) is 11.1 Å². The minimum absolute atomic E-state index is 0.257. The van der Waals surface area contributed by atoms with Crippen molar-refractivity contribution < 1.29 is 14.7 Å². The van der Waals surface area contributed by atoms with E-state index in [0.717, 1.165) is 16.7 Å². The van der Waals surface area contributed by atoms with Gasteiger partial charge in [0.05, 0.1) is 29.6 Å². The highest BCUT2D eigenvalue weighted by molar-refractivity contribution is 6.33. The Hall–Kier alpha value is -4.41. The van der Waals surface area contributed by atoms with Crippen LogP contribution >= 0.6 is 11.6 Å². The summed E-state index contributed by atoms with van der Waals surface area (Å²) in [6.07, 6.45) is 3.12. The minimum atomic E-state index is -0.753. The molecule has 0 bridgehead atoms. The van der Waals surface area contributed by atoms with E-state index in [4.69, 9.17) is 11.6 Å². The van der Waals surface area contributed by atoms with E-state index in [2.05, 4.69) is 30.6 Å². The van der Waals surface area contributed by atoms with Crippen molar-refractivity contribution >= 4 is 35.2 Å². The summed E-state index contributed by atoms with van der Waals surface area (Å²) in [4.78, 5) is 45.2. The van der Waals surface area contributed by atoms with Gasteiger partial charge in [-0.3, -0.25) is 9.59 Å². The van der Waals surface area contributed by atoms with Crippen molar-refractivity contribution in [1.29, 1.82) is 0 Å². The zero-order valence-electron chi connectivity index (χ0n) is 22.2. The maximum absolute atomic E-state index is 13.4. The van der Waals surface area contributed by atoms with Gasteiger partial charge in [0.2, 0.25) is 11.9 Å². The zero-order chi connectivity index (χ0) is 28.4. The third-order valence-corrected chi connectivity index (χ3v) is 7.04. The summed E-state index contributed by atoms with van der Waals surface area (Å²) < 4.78 is 0. The molecule has 0 aliphatic carbocycles. The lowest BCUT2D eigenvalue weighted by Crippen LogP contribution is -2.46. The molecule has 204 valence electrons. The molecule has 0 spiro atoms. The molecule has 4 aromatic rings. The van der Waals surface area contributed by atoms with Crippen LogP contribution in [0, 0.1) is 13.8 Å². The van der Waals surface area contributed by atoms with Crippen LogP contribution in [0.4, 0.5) is 11.8 Å². The van der Waals surface area contributed by atoms with Crippen LogP contribution in [-0.4, -0.2) is 54.4 Å². The van der Waals surface area contributed by atoms with Crippen molar-refractivity contribution in [1.82, 2.24) is 30.2 Å². The Kier molecular flexibility index (Phi) is 7.72. The number of fused-ring (bicyclic) bond motifs is 1. The van der Waals surface area contributed by atoms with Gasteiger partial charge in [-0.2, -0.15) is 0 Å². The molecule has 2 atom stereocenters. The van der Waals surface area contributed by atoms with Gasteiger partial charge in [-0.25, -0.2) is 19.9 Å². The first-order chi connectivity index (χ1) is 19.2. The van der Waals surface area contributed by atoms with Gasteiger partial charge in [-0.15, -0.1) is 0 Å². The van der Waals surface area contributed by atoms with Crippen LogP contribution in [0.15, 0.2) is 60.9 Å². The topological polar surface area (TPSA) is 133 Å². The van der Waals surface area contributed by atoms with E-state index in [1.54, 1.807) is 32.2 Å². The summed E-state index contributed by atoms with van der Waals surface area (Å²) >= 11 is 6.44. The first-order valence-corrected chi connectivity index (χ1v) is 13.1. The Bertz CT molecular complexity index is 1600. The Morgan fingerprint density at radius 1 is 1.12 bits per heavy atom. The normalized spacial score (nSPS) is 14.0. The number of nitrogens with zero attached hydrogens (tertiary/aromatic N) is 5. The van der Waals surface area contributed by atoms with Crippen LogP contribution in [0.1, 0.15) is 45.8 Å². The smallest absolute Gasteiger partial charge is 0.255 e. The second-order valence-corrected chi connectivity index (χ2v) is 10.1. The fraction of sp³-hybridized carbons (Fsp3) is 0.241. The van der Waals surface area contributed by atoms with Crippen molar-refractivity contribution in [2.45, 2.75) is 39.4 Å². The van der Waals surface area contributed by atoms with Crippen molar-refractivity contribution in [3.8, 4) is 11.3 Å². The molecule has 5 rings (SSSR count). The highest BCUT2D eigenvalue weighted by atomic mass is 35.5. The minimum Gasteiger partial charge on any atom is -0.394 e. The molecule has 0 fully saturated rings. The lowest BCUT2D eigenvalue weighted by molar-refractivity contribution is -0.126. The Morgan fingerprint density at radius 2 is 1.95 bits per heavy atom. The number of amides is 2. The maximum atomic E-state index is 13.4. The molecule has 2 aromatic carbocycles. The number of anilines is 2. The summed E-state index contributed by atoms with van der Waals surface area (Å²) in [6.45, 7) is 5.44. The van der Waals surface area contributed by atoms with E-state index < -0.39 is 12.1 Å². The van der Waals surface area contributed by atoms with Gasteiger partial charge in [0, 0.05) is 23.9 Å². The largest absolute Gasteiger partial charge is 0.394 e. The molecule has 2 aromatic heterocycles. The zero-order valence-corrected chi connectivity index (χ0v) is 23.0. The molecule has 1 aliphatic heterocycles. The molecule has 10 nitrogen and oxygen atoms in total. The average molecular weight is 558 g/mol. The van der Waals surface area contributed by atoms with Crippen molar-refractivity contribution in [3.63, 3.8) is 0 Å². The second-order valence-electron chi connectivity index (χ2n) is 9.64. The number of benzene rings is 2. The average Bonchev–Trinajstić information content (AvgIpc) is 3.27. The van der Waals surface area contributed by atoms with Gasteiger partial charge in [0.1, 0.15) is 17.7 Å². The quantitative estimate of drug-likeness (QED) is 0.294. The number of halogens is 1. The molecule has 3 heterocycles. The highest BCUT2D eigenvalue weighted by Crippen LogP contribution is 2.32. The van der Waals surface area contributed by atoms with Gasteiger partial charge in [0.15, 0.2) is 0 Å². The standard InChI is InChI=1S/C29H28ClN7O3/c1-16-5-4-6-19(11-16)24(15-38)34-27(39)17(2)37-14-21-8-7-20(12-22(21)28(37)40)26-23(30)13-32-29(36-26)35-25-9-10-31-18(3)33-25/h4-13,17,24,38H,14-15H2,1-3H3,(H,34,39)(H,31,32,33,35,36)/t17-,24-/m1/s1. The fourth-order valence-corrected chi connectivity index (χ4v) is 4.81. The second kappa shape index (κ2) is 11.4. The van der Waals surface area contributed by atoms with E-state index in [0.29, 0.717) is 39.4 Å². The number of rotatable bonds is 8. The fourth-order valence-electron chi connectivity index (χ4n) is 4.61. The van der Waals surface area contributed by atoms with E-state index in [1.807, 2.05) is 43.3 Å². The molecule has 0 unspecified atom stereocenters. The molecule has 2 amide bonds. The molecule has 0 saturated heterocycles. The molecular weight excluding hydrogens is 530 g/mol. The molecule has 0 saturated carbocycles. The van der Waals surface area contributed by atoms with Crippen LogP contribution in [0.3, 0.4) is 0 Å². The third kappa shape index (κ3) is 5.63. The molecule has 40 heavy (non-hydrogen) atoms. The molecular formula is C29H28ClN7O3. The summed E-state index contributed by atoms with van der Waals surface area (Å²) in [5.74, 6) is 0.819. The van der Waals surface area contributed by atoms with Crippen molar-refractivity contribution in [3.05, 3.63) is 94.0 Å². The Labute approximate surface area is 236 Å². The van der Waals surface area contributed by atoms with Crippen LogP contribution in [0.5, 0.6) is 0 Å². The molecule has 11 heteroatoms. The van der Waals surface area contributed by atoms with Crippen LogP contribution < -0.4 is 10.6 Å². The summed E-state index contributed by atoms with van der Waals surface area (Å²) in [5.41, 5.74) is 4.19. The first-order valence-electron chi connectivity index (χ1n) is 12.7. The number of aromatic nitrogens is 4. The first kappa shape index (κ1) is 27.2. The van der Waals surface area contributed by atoms with Crippen molar-refractivity contribution in [2.75, 3.05) is 11.9 Å². The van der Waals surface area contributed by atoms with E-state index in [9.17, 15) is 14.7 Å². The number of carbonyl (C=O) groups excluding carboxylic acids is 2.